The van der Waals surface area contributed by atoms with Crippen molar-refractivity contribution in [2.45, 2.75) is 39.2 Å². The minimum Gasteiger partial charge on any atom is -0.398 e. The number of rotatable bonds is 3. The predicted octanol–water partition coefficient (Wildman–Crippen LogP) is 0.869. The third-order valence-corrected chi connectivity index (χ3v) is 4.28. The average Bonchev–Trinajstić information content (AvgIpc) is 2.71. The molecule has 1 unspecified atom stereocenters. The summed E-state index contributed by atoms with van der Waals surface area (Å²) in [4.78, 5) is 49.6. The summed E-state index contributed by atoms with van der Waals surface area (Å²) in [6, 6.07) is 2.42. The maximum absolute atomic E-state index is 12.7. The Balaban J connectivity index is 1.98. The highest BCUT2D eigenvalue weighted by atomic mass is 16.2. The molecule has 1 saturated heterocycles. The van der Waals surface area contributed by atoms with Gasteiger partial charge in [0.1, 0.15) is 6.04 Å². The summed E-state index contributed by atoms with van der Waals surface area (Å²) < 4.78 is 0. The van der Waals surface area contributed by atoms with E-state index in [1.54, 1.807) is 12.1 Å². The van der Waals surface area contributed by atoms with E-state index in [1.807, 2.05) is 13.8 Å². The van der Waals surface area contributed by atoms with E-state index in [2.05, 4.69) is 5.32 Å². The third kappa shape index (κ3) is 2.55. The fourth-order valence-electron chi connectivity index (χ4n) is 3.28. The molecule has 7 heteroatoms. The molecule has 0 saturated carbocycles. The summed E-state index contributed by atoms with van der Waals surface area (Å²) in [5.41, 5.74) is 7.51. The first-order valence-corrected chi connectivity index (χ1v) is 7.93. The molecule has 3 rings (SSSR count). The number of nitrogens with zero attached hydrogens (tertiary/aromatic N) is 1. The molecule has 1 atom stereocenters. The number of nitrogens with two attached hydrogens (primary N) is 1. The zero-order valence-corrected chi connectivity index (χ0v) is 13.6. The number of amides is 4. The first-order chi connectivity index (χ1) is 11.3. The molecule has 3 N–H and O–H groups in total. The van der Waals surface area contributed by atoms with Crippen molar-refractivity contribution in [3.63, 3.8) is 0 Å². The number of nitrogen functional groups attached to an aromatic ring is 1. The molecular weight excluding hydrogens is 310 g/mol. The molecule has 2 aliphatic rings. The fraction of sp³-hybridized carbons (Fsp3) is 0.412. The average molecular weight is 329 g/mol. The van der Waals surface area contributed by atoms with Crippen LogP contribution in [-0.4, -0.2) is 34.6 Å². The Labute approximate surface area is 139 Å². The Kier molecular flexibility index (Phi) is 3.87. The van der Waals surface area contributed by atoms with Crippen molar-refractivity contribution < 1.29 is 19.2 Å². The third-order valence-electron chi connectivity index (χ3n) is 4.28. The largest absolute Gasteiger partial charge is 0.398 e. The van der Waals surface area contributed by atoms with Gasteiger partial charge in [0.2, 0.25) is 11.8 Å². The van der Waals surface area contributed by atoms with Crippen LogP contribution in [0.2, 0.25) is 0 Å². The van der Waals surface area contributed by atoms with E-state index in [-0.39, 0.29) is 29.7 Å². The van der Waals surface area contributed by atoms with Crippen LogP contribution in [0.3, 0.4) is 0 Å². The number of benzene rings is 1. The van der Waals surface area contributed by atoms with Gasteiger partial charge < -0.3 is 5.73 Å². The number of anilines is 1. The van der Waals surface area contributed by atoms with Crippen molar-refractivity contribution in [3.8, 4) is 0 Å². The van der Waals surface area contributed by atoms with Gasteiger partial charge in [-0.05, 0) is 36.5 Å². The summed E-state index contributed by atoms with van der Waals surface area (Å²) in [7, 11) is 0. The lowest BCUT2D eigenvalue weighted by Gasteiger charge is -2.27. The Morgan fingerprint density at radius 3 is 2.54 bits per heavy atom. The van der Waals surface area contributed by atoms with Gasteiger partial charge >= 0.3 is 0 Å². The number of imide groups is 2. The van der Waals surface area contributed by atoms with Gasteiger partial charge in [0.05, 0.1) is 11.1 Å². The van der Waals surface area contributed by atoms with Gasteiger partial charge in [0.15, 0.2) is 0 Å². The van der Waals surface area contributed by atoms with Crippen molar-refractivity contribution in [3.05, 3.63) is 28.8 Å². The van der Waals surface area contributed by atoms with Gasteiger partial charge in [-0.15, -0.1) is 0 Å². The van der Waals surface area contributed by atoms with Crippen molar-refractivity contribution in [1.29, 1.82) is 0 Å². The van der Waals surface area contributed by atoms with Crippen LogP contribution in [0, 0.1) is 5.92 Å². The molecule has 1 aromatic carbocycles. The zero-order chi connectivity index (χ0) is 17.6. The van der Waals surface area contributed by atoms with Crippen molar-refractivity contribution in [1.82, 2.24) is 10.2 Å². The minimum absolute atomic E-state index is 0.0951. The summed E-state index contributed by atoms with van der Waals surface area (Å²) >= 11 is 0. The smallest absolute Gasteiger partial charge is 0.264 e. The molecule has 7 nitrogen and oxygen atoms in total. The van der Waals surface area contributed by atoms with Crippen LogP contribution in [0.4, 0.5) is 5.69 Å². The standard InChI is InChI=1S/C17H19N3O4/c1-8(2)5-9-6-10-14(11(18)7-9)17(24)20(16(10)23)12-3-4-13(21)19-15(12)22/h6-8,12H,3-5,18H2,1-2H3,(H,19,21,22). The quantitative estimate of drug-likeness (QED) is 0.631. The molecule has 0 bridgehead atoms. The molecule has 4 amide bonds. The molecule has 1 fully saturated rings. The molecule has 2 aliphatic heterocycles. The van der Waals surface area contributed by atoms with E-state index in [0.29, 0.717) is 5.92 Å². The second kappa shape index (κ2) is 5.74. The van der Waals surface area contributed by atoms with Crippen LogP contribution >= 0.6 is 0 Å². The van der Waals surface area contributed by atoms with E-state index in [4.69, 9.17) is 5.73 Å². The van der Waals surface area contributed by atoms with Crippen LogP contribution in [0.25, 0.3) is 0 Å². The summed E-state index contributed by atoms with van der Waals surface area (Å²) in [5, 5.41) is 2.17. The fourth-order valence-corrected chi connectivity index (χ4v) is 3.28. The molecule has 126 valence electrons. The Morgan fingerprint density at radius 2 is 1.92 bits per heavy atom. The lowest BCUT2D eigenvalue weighted by molar-refractivity contribution is -0.136. The molecule has 0 aliphatic carbocycles. The zero-order valence-electron chi connectivity index (χ0n) is 13.6. The minimum atomic E-state index is -0.969. The van der Waals surface area contributed by atoms with Gasteiger partial charge in [-0.2, -0.15) is 0 Å². The lowest BCUT2D eigenvalue weighted by atomic mass is 9.97. The van der Waals surface area contributed by atoms with Crippen molar-refractivity contribution in [2.75, 3.05) is 5.73 Å². The maximum Gasteiger partial charge on any atom is 0.264 e. The number of fused-ring (bicyclic) bond motifs is 1. The highest BCUT2D eigenvalue weighted by molar-refractivity contribution is 6.25. The van der Waals surface area contributed by atoms with E-state index < -0.39 is 29.7 Å². The van der Waals surface area contributed by atoms with E-state index in [9.17, 15) is 19.2 Å². The highest BCUT2D eigenvalue weighted by Crippen LogP contribution is 2.32. The highest BCUT2D eigenvalue weighted by Gasteiger charge is 2.45. The SMILES string of the molecule is CC(C)Cc1cc(N)c2c(c1)C(=O)N(C1CCC(=O)NC1=O)C2=O. The Bertz CT molecular complexity index is 769. The first-order valence-electron chi connectivity index (χ1n) is 7.93. The molecule has 0 radical (unpaired) electrons. The molecule has 0 spiro atoms. The predicted molar refractivity (Wildman–Crippen MR) is 86.1 cm³/mol. The number of carbonyl (C=O) groups is 4. The maximum atomic E-state index is 12.7. The van der Waals surface area contributed by atoms with Crippen LogP contribution in [0.5, 0.6) is 0 Å². The Hall–Kier alpha value is -2.70. The molecule has 2 heterocycles. The lowest BCUT2D eigenvalue weighted by Crippen LogP contribution is -2.54. The monoisotopic (exact) mass is 329 g/mol. The molecule has 24 heavy (non-hydrogen) atoms. The van der Waals surface area contributed by atoms with Crippen molar-refractivity contribution in [2.24, 2.45) is 5.92 Å². The number of carbonyl (C=O) groups excluding carboxylic acids is 4. The number of piperidine rings is 1. The van der Waals surface area contributed by atoms with Gasteiger partial charge in [-0.3, -0.25) is 29.4 Å². The number of hydrogen-bond donors (Lipinski definition) is 2. The van der Waals surface area contributed by atoms with E-state index in [1.165, 1.54) is 0 Å². The van der Waals surface area contributed by atoms with Gasteiger partial charge in [0.25, 0.3) is 11.8 Å². The van der Waals surface area contributed by atoms with Gasteiger partial charge in [-0.1, -0.05) is 13.8 Å². The number of nitrogens with one attached hydrogen (secondary N) is 1. The van der Waals surface area contributed by atoms with Crippen molar-refractivity contribution >= 4 is 29.3 Å². The summed E-state index contributed by atoms with van der Waals surface area (Å²) in [6.45, 7) is 4.10. The van der Waals surface area contributed by atoms with Crippen LogP contribution in [0.15, 0.2) is 12.1 Å². The normalized spacial score (nSPS) is 20.6. The number of hydrogen-bond acceptors (Lipinski definition) is 5. The first kappa shape index (κ1) is 16.2. The van der Waals surface area contributed by atoms with Gasteiger partial charge in [0, 0.05) is 12.1 Å². The second-order valence-electron chi connectivity index (χ2n) is 6.65. The summed E-state index contributed by atoms with van der Waals surface area (Å²) in [6.07, 6.45) is 0.962. The second-order valence-corrected chi connectivity index (χ2v) is 6.65. The topological polar surface area (TPSA) is 110 Å². The summed E-state index contributed by atoms with van der Waals surface area (Å²) in [5.74, 6) is -1.74. The molecule has 0 aromatic heterocycles. The van der Waals surface area contributed by atoms with Gasteiger partial charge in [-0.25, -0.2) is 0 Å². The molecule has 1 aromatic rings. The van der Waals surface area contributed by atoms with E-state index >= 15 is 0 Å². The van der Waals surface area contributed by atoms with Crippen LogP contribution in [-0.2, 0) is 16.0 Å². The van der Waals surface area contributed by atoms with E-state index in [0.717, 1.165) is 16.9 Å². The molecular formula is C17H19N3O4. The van der Waals surface area contributed by atoms with Crippen LogP contribution < -0.4 is 11.1 Å². The van der Waals surface area contributed by atoms with Crippen LogP contribution in [0.1, 0.15) is 53.0 Å². The Morgan fingerprint density at radius 1 is 1.21 bits per heavy atom.